The fraction of sp³-hybridized carbons (Fsp3) is 0.444. The van der Waals surface area contributed by atoms with E-state index in [9.17, 15) is 19.2 Å². The van der Waals surface area contributed by atoms with Crippen LogP contribution in [0.25, 0.3) is 28.3 Å². The summed E-state index contributed by atoms with van der Waals surface area (Å²) in [6.45, 7) is 7.82. The summed E-state index contributed by atoms with van der Waals surface area (Å²) in [5.74, 6) is 0.0520. The predicted octanol–water partition coefficient (Wildman–Crippen LogP) is 0.282. The molecule has 0 atom stereocenters. The zero-order chi connectivity index (χ0) is 22.6. The highest BCUT2D eigenvalue weighted by Crippen LogP contribution is 2.21. The predicted molar refractivity (Wildman–Crippen MR) is 115 cm³/mol. The number of aromatic nitrogens is 8. The maximum Gasteiger partial charge on any atom is 0.332 e. The summed E-state index contributed by atoms with van der Waals surface area (Å²) >= 11 is 6.36. The van der Waals surface area contributed by atoms with Crippen LogP contribution < -0.4 is 22.5 Å². The molecule has 0 aliphatic heterocycles. The minimum atomic E-state index is -0.578. The van der Waals surface area contributed by atoms with Crippen molar-refractivity contribution in [3.63, 3.8) is 0 Å². The van der Waals surface area contributed by atoms with Crippen molar-refractivity contribution in [1.29, 1.82) is 0 Å². The number of imidazole rings is 2. The van der Waals surface area contributed by atoms with Gasteiger partial charge >= 0.3 is 11.4 Å². The number of halogens is 1. The first-order valence-corrected chi connectivity index (χ1v) is 10.3. The highest BCUT2D eigenvalue weighted by atomic mass is 35.5. The van der Waals surface area contributed by atoms with Gasteiger partial charge in [-0.1, -0.05) is 0 Å². The van der Waals surface area contributed by atoms with Gasteiger partial charge in [0.15, 0.2) is 22.3 Å². The third kappa shape index (κ3) is 2.74. The molecule has 0 saturated heterocycles. The highest BCUT2D eigenvalue weighted by molar-refractivity contribution is 6.29. The Labute approximate surface area is 179 Å². The monoisotopic (exact) mass is 448 g/mol. The van der Waals surface area contributed by atoms with Crippen molar-refractivity contribution in [2.24, 2.45) is 0 Å². The molecule has 4 heterocycles. The fourth-order valence-corrected chi connectivity index (χ4v) is 4.04. The molecular formula is C18H21ClN8O4. The van der Waals surface area contributed by atoms with E-state index in [4.69, 9.17) is 11.6 Å². The number of hydrogen-bond donors (Lipinski definition) is 1. The molecule has 164 valence electrons. The number of rotatable bonds is 5. The van der Waals surface area contributed by atoms with E-state index in [2.05, 4.69) is 15.0 Å². The van der Waals surface area contributed by atoms with E-state index in [0.717, 1.165) is 9.13 Å². The summed E-state index contributed by atoms with van der Waals surface area (Å²) in [4.78, 5) is 62.7. The topological polar surface area (TPSA) is 134 Å². The van der Waals surface area contributed by atoms with Crippen LogP contribution in [0, 0.1) is 0 Å². The lowest BCUT2D eigenvalue weighted by molar-refractivity contribution is 0.604. The third-order valence-electron chi connectivity index (χ3n) is 5.31. The summed E-state index contributed by atoms with van der Waals surface area (Å²) in [6.07, 6.45) is 0. The number of fused-ring (bicyclic) bond motifs is 2. The highest BCUT2D eigenvalue weighted by Gasteiger charge is 2.24. The molecule has 0 bridgehead atoms. The molecule has 4 aromatic rings. The Balaban J connectivity index is 2.18. The summed E-state index contributed by atoms with van der Waals surface area (Å²) < 4.78 is 6.14. The normalized spacial score (nSPS) is 11.8. The number of nitrogens with one attached hydrogen (secondary N) is 1. The minimum Gasteiger partial charge on any atom is -0.317 e. The molecule has 0 amide bonds. The van der Waals surface area contributed by atoms with Gasteiger partial charge in [0.25, 0.3) is 11.1 Å². The second kappa shape index (κ2) is 7.38. The van der Waals surface area contributed by atoms with Crippen molar-refractivity contribution in [3.05, 3.63) is 47.0 Å². The van der Waals surface area contributed by atoms with Crippen molar-refractivity contribution in [2.75, 3.05) is 0 Å². The molecule has 0 aliphatic rings. The van der Waals surface area contributed by atoms with Gasteiger partial charge in [0.2, 0.25) is 11.2 Å². The maximum absolute atomic E-state index is 13.1. The zero-order valence-electron chi connectivity index (χ0n) is 17.5. The number of hydrogen-bond acceptors (Lipinski definition) is 6. The molecule has 0 spiro atoms. The summed E-state index contributed by atoms with van der Waals surface area (Å²) in [5, 5.41) is -0.108. The third-order valence-corrected chi connectivity index (χ3v) is 5.56. The van der Waals surface area contributed by atoms with Gasteiger partial charge in [0, 0.05) is 26.2 Å². The van der Waals surface area contributed by atoms with Crippen LogP contribution in [0.2, 0.25) is 5.28 Å². The molecule has 0 saturated carbocycles. The first kappa shape index (κ1) is 20.8. The maximum atomic E-state index is 13.1. The van der Waals surface area contributed by atoms with E-state index in [-0.39, 0.29) is 59.7 Å². The van der Waals surface area contributed by atoms with Crippen LogP contribution >= 0.6 is 11.6 Å². The fourth-order valence-electron chi connectivity index (χ4n) is 3.79. The Bertz CT molecular complexity index is 1580. The molecule has 12 nitrogen and oxygen atoms in total. The van der Waals surface area contributed by atoms with Crippen LogP contribution in [0.4, 0.5) is 0 Å². The molecule has 0 aliphatic carbocycles. The Morgan fingerprint density at radius 1 is 0.742 bits per heavy atom. The lowest BCUT2D eigenvalue weighted by atomic mass is 10.4. The van der Waals surface area contributed by atoms with Gasteiger partial charge in [-0.05, 0) is 39.3 Å². The summed E-state index contributed by atoms with van der Waals surface area (Å²) in [5.41, 5.74) is -1.64. The van der Waals surface area contributed by atoms with Gasteiger partial charge in [0.05, 0.1) is 0 Å². The van der Waals surface area contributed by atoms with Crippen LogP contribution in [0.1, 0.15) is 27.7 Å². The average molecular weight is 449 g/mol. The molecule has 13 heteroatoms. The second-order valence-electron chi connectivity index (χ2n) is 6.80. The van der Waals surface area contributed by atoms with E-state index >= 15 is 0 Å². The SMILES string of the molecule is CCn1c(=O)c2[nH]c(-n3c(Cl)nc4c3c(=O)n(CC)c(=O)n4CC)nc2n(CC)c1=O. The summed E-state index contributed by atoms with van der Waals surface area (Å²) in [6, 6.07) is 0. The van der Waals surface area contributed by atoms with Gasteiger partial charge in [-0.25, -0.2) is 14.2 Å². The van der Waals surface area contributed by atoms with Gasteiger partial charge in [-0.2, -0.15) is 9.97 Å². The van der Waals surface area contributed by atoms with E-state index < -0.39 is 22.5 Å². The van der Waals surface area contributed by atoms with E-state index in [0.29, 0.717) is 0 Å². The van der Waals surface area contributed by atoms with Crippen LogP contribution in [-0.4, -0.2) is 37.8 Å². The largest absolute Gasteiger partial charge is 0.332 e. The molecule has 31 heavy (non-hydrogen) atoms. The van der Waals surface area contributed by atoms with Crippen molar-refractivity contribution >= 4 is 33.9 Å². The van der Waals surface area contributed by atoms with Gasteiger partial charge in [-0.15, -0.1) is 0 Å². The zero-order valence-corrected chi connectivity index (χ0v) is 18.2. The molecular weight excluding hydrogens is 428 g/mol. The molecule has 4 aromatic heterocycles. The van der Waals surface area contributed by atoms with Crippen molar-refractivity contribution in [3.8, 4) is 5.95 Å². The van der Waals surface area contributed by atoms with Crippen LogP contribution in [0.3, 0.4) is 0 Å². The average Bonchev–Trinajstić information content (AvgIpc) is 3.31. The number of H-pyrrole nitrogens is 1. The Morgan fingerprint density at radius 2 is 1.26 bits per heavy atom. The quantitative estimate of drug-likeness (QED) is 0.436. The standard InChI is InChI=1S/C18H21ClN8O4/c1-5-23-11-9(13(28)25(7-3)17(23)30)20-16(22-11)27-10-12(21-15(27)19)24(6-2)18(31)26(8-4)14(10)29/h5-8H2,1-4H3,(H,20,22). The van der Waals surface area contributed by atoms with Gasteiger partial charge in [-0.3, -0.25) is 27.9 Å². The Kier molecular flexibility index (Phi) is 4.96. The van der Waals surface area contributed by atoms with E-state index in [1.165, 1.54) is 13.7 Å². The lowest BCUT2D eigenvalue weighted by Crippen LogP contribution is -2.40. The van der Waals surface area contributed by atoms with Crippen LogP contribution in [0.15, 0.2) is 19.2 Å². The molecule has 4 rings (SSSR count). The van der Waals surface area contributed by atoms with Crippen LogP contribution in [-0.2, 0) is 26.2 Å². The van der Waals surface area contributed by atoms with E-state index in [1.54, 1.807) is 27.7 Å². The molecule has 0 unspecified atom stereocenters. The molecule has 1 N–H and O–H groups in total. The van der Waals surface area contributed by atoms with Crippen LogP contribution in [0.5, 0.6) is 0 Å². The first-order chi connectivity index (χ1) is 14.8. The minimum absolute atomic E-state index is 0.0496. The van der Waals surface area contributed by atoms with Gasteiger partial charge < -0.3 is 4.98 Å². The molecule has 0 fully saturated rings. The van der Waals surface area contributed by atoms with Crippen molar-refractivity contribution < 1.29 is 0 Å². The molecule has 0 radical (unpaired) electrons. The first-order valence-electron chi connectivity index (χ1n) is 9.95. The Hall–Kier alpha value is -3.41. The lowest BCUT2D eigenvalue weighted by Gasteiger charge is -2.08. The van der Waals surface area contributed by atoms with Crippen molar-refractivity contribution in [1.82, 2.24) is 37.8 Å². The number of aryl methyl sites for hydroxylation is 2. The van der Waals surface area contributed by atoms with Gasteiger partial charge in [0.1, 0.15) is 0 Å². The van der Waals surface area contributed by atoms with Crippen molar-refractivity contribution in [2.45, 2.75) is 53.9 Å². The number of aromatic amines is 1. The smallest absolute Gasteiger partial charge is 0.317 e. The number of nitrogens with zero attached hydrogens (tertiary/aromatic N) is 7. The molecule has 0 aromatic carbocycles. The summed E-state index contributed by atoms with van der Waals surface area (Å²) in [7, 11) is 0. The Morgan fingerprint density at radius 3 is 1.81 bits per heavy atom. The second-order valence-corrected chi connectivity index (χ2v) is 7.14. The van der Waals surface area contributed by atoms with E-state index in [1.807, 2.05) is 0 Å².